The molecule has 1 amide bonds. The molecule has 4 aliphatic rings. The number of aliphatic hydroxyl groups excluding tert-OH is 2. The van der Waals surface area contributed by atoms with Crippen molar-refractivity contribution in [2.75, 3.05) is 40.6 Å². The molecule has 15 atom stereocenters. The number of piperidine rings is 1. The van der Waals surface area contributed by atoms with Crippen LogP contribution in [0, 0.1) is 35.5 Å². The van der Waals surface area contributed by atoms with Crippen molar-refractivity contribution in [1.29, 1.82) is 0 Å². The lowest BCUT2D eigenvalue weighted by Crippen LogP contribution is -2.60. The summed E-state index contributed by atoms with van der Waals surface area (Å²) in [5.41, 5.74) is 1.29. The van der Waals surface area contributed by atoms with Crippen molar-refractivity contribution in [2.24, 2.45) is 35.5 Å². The van der Waals surface area contributed by atoms with Gasteiger partial charge in [-0.05, 0) is 115 Å². The summed E-state index contributed by atoms with van der Waals surface area (Å²) in [6, 6.07) is -1.13. The number of cyclic esters (lactones) is 1. The van der Waals surface area contributed by atoms with E-state index in [-0.39, 0.29) is 80.2 Å². The van der Waals surface area contributed by atoms with Gasteiger partial charge in [-0.15, -0.1) is 0 Å². The summed E-state index contributed by atoms with van der Waals surface area (Å²) in [6.45, 7) is 15.3. The summed E-state index contributed by atoms with van der Waals surface area (Å²) in [4.78, 5) is 72.2. The van der Waals surface area contributed by atoms with Crippen LogP contribution in [0.3, 0.4) is 0 Å². The number of nitrogens with zero attached hydrogens (tertiary/aromatic N) is 1. The zero-order chi connectivity index (χ0) is 51.0. The van der Waals surface area contributed by atoms with Gasteiger partial charge in [-0.1, -0.05) is 76.6 Å². The molecule has 15 nitrogen and oxygen atoms in total. The Morgan fingerprint density at radius 3 is 2.33 bits per heavy atom. The largest absolute Gasteiger partial charge is 0.460 e. The number of Topliss-reactive ketones (excluding diaryl/α,β-unsaturated/α-hetero) is 3. The van der Waals surface area contributed by atoms with Crippen molar-refractivity contribution in [3.8, 4) is 0 Å². The Hall–Kier alpha value is -3.41. The number of hydrogen-bond donors (Lipinski definition) is 3. The standard InChI is InChI=1S/C54H85NO14/c1-11-66-44-18-13-12-16-33(2)19-22-41-23-20-39(8)54(63,69-41)51(60)52(61)55-25-15-14-17-42(55)53(62)68-46(36(5)30-40-21-24-45(67-27-26-56)47(31-40)64-9)32-43(57)34(3)28-37(6)48(58)50(65-10)49(59)38(7)29-35(44)4/h12-13,16,18-19,28,34-36,38-42,44-48,50,56,58,63H,11,14-15,17,20-27,29-32H2,1-10H3/t34-,35+,36-,38-,39-,40+,41-,42?,44?,45-,46+,47-,48-,50-,54-/m1/s1. The summed E-state index contributed by atoms with van der Waals surface area (Å²) in [7, 11) is 3.01. The van der Waals surface area contributed by atoms with E-state index in [1.165, 1.54) is 12.0 Å². The highest BCUT2D eigenvalue weighted by molar-refractivity contribution is 6.39. The molecule has 0 radical (unpaired) electrons. The van der Waals surface area contributed by atoms with Crippen molar-refractivity contribution in [2.45, 2.75) is 187 Å². The van der Waals surface area contributed by atoms with Gasteiger partial charge >= 0.3 is 5.97 Å². The van der Waals surface area contributed by atoms with E-state index in [1.54, 1.807) is 34.0 Å². The predicted octanol–water partition coefficient (Wildman–Crippen LogP) is 6.59. The SMILES string of the molecule is CCOC1C=CC=CC(C)=CC[C@@H]2CC[C@@H](C)[C@@](O)(O2)C(=O)C(=O)N2CCCCC2C(=O)O[C@H]([C@H](C)C[C@@H]2CC[C@@H](OCCO)[C@H](OC)C2)CC(=O)[C@H](C)C=C(C)[C@@H](O)[C@@H](OC)C(=O)[C@H](C)C[C@@H]1C. The number of amides is 1. The van der Waals surface area contributed by atoms with E-state index >= 15 is 0 Å². The van der Waals surface area contributed by atoms with Gasteiger partial charge in [0.05, 0.1) is 37.6 Å². The molecule has 390 valence electrons. The number of ether oxygens (including phenoxy) is 6. The minimum atomic E-state index is -2.40. The van der Waals surface area contributed by atoms with Gasteiger partial charge in [0, 0.05) is 51.5 Å². The highest BCUT2D eigenvalue weighted by Gasteiger charge is 2.53. The van der Waals surface area contributed by atoms with Crippen molar-refractivity contribution in [3.05, 3.63) is 47.6 Å². The third kappa shape index (κ3) is 16.0. The van der Waals surface area contributed by atoms with Crippen LogP contribution in [-0.4, -0.2) is 145 Å². The molecule has 3 aliphatic heterocycles. The average Bonchev–Trinajstić information content (AvgIpc) is 3.33. The first-order valence-corrected chi connectivity index (χ1v) is 25.6. The van der Waals surface area contributed by atoms with Gasteiger partial charge < -0.3 is 48.6 Å². The number of methoxy groups -OCH3 is 2. The fraction of sp³-hybridized carbons (Fsp3) is 0.759. The molecule has 3 N–H and O–H groups in total. The maximum absolute atomic E-state index is 14.4. The molecule has 2 unspecified atom stereocenters. The number of rotatable bonds is 10. The molecule has 0 aromatic rings. The molecule has 3 fully saturated rings. The van der Waals surface area contributed by atoms with Gasteiger partial charge in [-0.25, -0.2) is 4.79 Å². The molecule has 2 bridgehead atoms. The van der Waals surface area contributed by atoms with Crippen LogP contribution in [0.25, 0.3) is 0 Å². The lowest BCUT2D eigenvalue weighted by Gasteiger charge is -2.42. The Balaban J connectivity index is 1.70. The second-order valence-electron chi connectivity index (χ2n) is 20.4. The predicted molar refractivity (Wildman–Crippen MR) is 261 cm³/mol. The third-order valence-corrected chi connectivity index (χ3v) is 15.0. The number of aliphatic hydroxyl groups is 3. The molecule has 4 rings (SSSR count). The zero-order valence-corrected chi connectivity index (χ0v) is 43.1. The maximum atomic E-state index is 14.4. The molecule has 69 heavy (non-hydrogen) atoms. The second kappa shape index (κ2) is 28.0. The van der Waals surface area contributed by atoms with Crippen LogP contribution in [-0.2, 0) is 52.4 Å². The normalized spacial score (nSPS) is 36.3. The van der Waals surface area contributed by atoms with Gasteiger partial charge in [0.1, 0.15) is 30.1 Å². The van der Waals surface area contributed by atoms with Crippen LogP contribution in [0.5, 0.6) is 0 Å². The summed E-state index contributed by atoms with van der Waals surface area (Å²) >= 11 is 0. The van der Waals surface area contributed by atoms with E-state index in [4.69, 9.17) is 28.4 Å². The van der Waals surface area contributed by atoms with Crippen LogP contribution >= 0.6 is 0 Å². The van der Waals surface area contributed by atoms with Crippen LogP contribution in [0.1, 0.15) is 132 Å². The van der Waals surface area contributed by atoms with Crippen LogP contribution in [0.4, 0.5) is 0 Å². The summed E-state index contributed by atoms with van der Waals surface area (Å²) in [5, 5.41) is 32.8. The first-order chi connectivity index (χ1) is 32.8. The quantitative estimate of drug-likeness (QED) is 0.120. The number of carbonyl (C=O) groups is 5. The fourth-order valence-corrected chi connectivity index (χ4v) is 10.6. The van der Waals surface area contributed by atoms with E-state index in [0.717, 1.165) is 12.0 Å². The molecule has 0 aromatic heterocycles. The lowest BCUT2D eigenvalue weighted by atomic mass is 9.78. The monoisotopic (exact) mass is 972 g/mol. The van der Waals surface area contributed by atoms with Crippen LogP contribution in [0.15, 0.2) is 47.6 Å². The zero-order valence-electron chi connectivity index (χ0n) is 43.1. The highest BCUT2D eigenvalue weighted by Crippen LogP contribution is 2.37. The van der Waals surface area contributed by atoms with E-state index in [0.29, 0.717) is 70.0 Å². The second-order valence-corrected chi connectivity index (χ2v) is 20.4. The van der Waals surface area contributed by atoms with Gasteiger partial charge in [0.25, 0.3) is 11.7 Å². The van der Waals surface area contributed by atoms with Crippen molar-refractivity contribution < 1.29 is 67.7 Å². The van der Waals surface area contributed by atoms with Gasteiger partial charge in [-0.3, -0.25) is 19.2 Å². The molecule has 1 aliphatic carbocycles. The van der Waals surface area contributed by atoms with Gasteiger partial charge in [0.2, 0.25) is 5.79 Å². The summed E-state index contributed by atoms with van der Waals surface area (Å²) in [6.07, 6.45) is 12.3. The smallest absolute Gasteiger partial charge is 0.329 e. The van der Waals surface area contributed by atoms with Crippen LogP contribution in [0.2, 0.25) is 0 Å². The van der Waals surface area contributed by atoms with E-state index in [9.17, 15) is 39.3 Å². The number of esters is 1. The number of hydrogen-bond acceptors (Lipinski definition) is 14. The lowest BCUT2D eigenvalue weighted by molar-refractivity contribution is -0.262. The first kappa shape index (κ1) is 58.2. The molecule has 2 saturated heterocycles. The van der Waals surface area contributed by atoms with Gasteiger partial charge in [0.15, 0.2) is 5.78 Å². The highest BCUT2D eigenvalue weighted by atomic mass is 16.6. The molecular formula is C54H85NO14. The maximum Gasteiger partial charge on any atom is 0.329 e. The molecular weight excluding hydrogens is 887 g/mol. The molecule has 15 heteroatoms. The van der Waals surface area contributed by atoms with E-state index in [1.807, 2.05) is 65.0 Å². The summed E-state index contributed by atoms with van der Waals surface area (Å²) in [5.74, 6) is -8.03. The molecule has 3 heterocycles. The van der Waals surface area contributed by atoms with Gasteiger partial charge in [-0.2, -0.15) is 0 Å². The van der Waals surface area contributed by atoms with Crippen molar-refractivity contribution in [3.63, 3.8) is 0 Å². The third-order valence-electron chi connectivity index (χ3n) is 15.0. The summed E-state index contributed by atoms with van der Waals surface area (Å²) < 4.78 is 35.8. The number of carbonyl (C=O) groups excluding carboxylic acids is 5. The minimum Gasteiger partial charge on any atom is -0.460 e. The van der Waals surface area contributed by atoms with Crippen molar-refractivity contribution >= 4 is 29.2 Å². The number of allylic oxidation sites excluding steroid dienone is 5. The van der Waals surface area contributed by atoms with E-state index < -0.39 is 71.7 Å². The van der Waals surface area contributed by atoms with Crippen LogP contribution < -0.4 is 0 Å². The first-order valence-electron chi connectivity index (χ1n) is 25.6. The minimum absolute atomic E-state index is 0.0724. The number of fused-ring (bicyclic) bond motifs is 3. The number of ketones is 3. The van der Waals surface area contributed by atoms with Crippen molar-refractivity contribution in [1.82, 2.24) is 4.90 Å². The Bertz CT molecular complexity index is 1830. The topological polar surface area (TPSA) is 205 Å². The molecule has 0 spiro atoms. The Kier molecular flexibility index (Phi) is 23.6. The fourth-order valence-electron chi connectivity index (χ4n) is 10.6. The molecule has 0 aromatic carbocycles. The molecule has 1 saturated carbocycles. The average molecular weight is 972 g/mol. The van der Waals surface area contributed by atoms with E-state index in [2.05, 4.69) is 0 Å². The Morgan fingerprint density at radius 2 is 1.65 bits per heavy atom. The Labute approximate surface area is 411 Å². The Morgan fingerprint density at radius 1 is 0.913 bits per heavy atom.